The topological polar surface area (TPSA) is 79.3 Å². The van der Waals surface area contributed by atoms with Crippen LogP contribution in [0.3, 0.4) is 0 Å². The lowest BCUT2D eigenvalue weighted by molar-refractivity contribution is 0.155. The van der Waals surface area contributed by atoms with E-state index in [-0.39, 0.29) is 21.6 Å². The molecule has 0 bridgehead atoms. The van der Waals surface area contributed by atoms with E-state index in [0.717, 1.165) is 0 Å². The third-order valence-corrected chi connectivity index (χ3v) is 4.52. The summed E-state index contributed by atoms with van der Waals surface area (Å²) in [6.45, 7) is -0.0296. The Morgan fingerprint density at radius 2 is 2.12 bits per heavy atom. The van der Waals surface area contributed by atoms with E-state index in [0.29, 0.717) is 12.8 Å². The fraction of sp³-hybridized carbons (Fsp3) is 0.444. The molecule has 17 heavy (non-hydrogen) atoms. The number of hydrogen-bond acceptors (Lipinski definition) is 4. The second-order valence-electron chi connectivity index (χ2n) is 3.99. The maximum Gasteiger partial charge on any atom is 0.243 e. The smallest absolute Gasteiger partial charge is 0.243 e. The molecule has 1 fully saturated rings. The first-order valence-electron chi connectivity index (χ1n) is 4.86. The lowest BCUT2D eigenvalue weighted by Gasteiger charge is -2.11. The Balaban J connectivity index is 2.21. The Hall–Kier alpha value is -0.400. The summed E-state index contributed by atoms with van der Waals surface area (Å²) in [6.07, 6.45) is 2.45. The van der Waals surface area contributed by atoms with Crippen LogP contribution in [0.25, 0.3) is 0 Å². The number of sulfonamides is 1. The van der Waals surface area contributed by atoms with Crippen molar-refractivity contribution in [2.75, 3.05) is 6.54 Å². The molecule has 1 aliphatic rings. The maximum atomic E-state index is 11.9. The first-order valence-corrected chi connectivity index (χ1v) is 7.09. The second-order valence-corrected chi connectivity index (χ2v) is 6.52. The van der Waals surface area contributed by atoms with E-state index in [1.165, 1.54) is 12.3 Å². The molecule has 0 atom stereocenters. The van der Waals surface area contributed by atoms with E-state index in [9.17, 15) is 13.5 Å². The van der Waals surface area contributed by atoms with E-state index in [2.05, 4.69) is 9.71 Å². The van der Waals surface area contributed by atoms with Crippen molar-refractivity contribution in [3.05, 3.63) is 22.4 Å². The molecular weight excluding hydrogens is 287 g/mol. The molecule has 2 rings (SSSR count). The summed E-state index contributed by atoms with van der Waals surface area (Å²) in [7, 11) is -3.80. The Bertz CT molecular complexity index is 543. The molecule has 1 aromatic heterocycles. The van der Waals surface area contributed by atoms with Crippen molar-refractivity contribution in [3.8, 4) is 0 Å². The number of aromatic nitrogens is 1. The summed E-state index contributed by atoms with van der Waals surface area (Å²) in [4.78, 5) is 3.47. The van der Waals surface area contributed by atoms with E-state index in [1.54, 1.807) is 0 Å². The number of hydrogen-bond donors (Lipinski definition) is 2. The molecule has 0 amide bonds. The zero-order valence-electron chi connectivity index (χ0n) is 8.65. The minimum atomic E-state index is -3.80. The van der Waals surface area contributed by atoms with Crippen molar-refractivity contribution in [1.29, 1.82) is 0 Å². The molecule has 8 heteroatoms. The Kier molecular flexibility index (Phi) is 3.35. The van der Waals surface area contributed by atoms with Crippen molar-refractivity contribution < 1.29 is 13.5 Å². The van der Waals surface area contributed by atoms with E-state index in [4.69, 9.17) is 23.2 Å². The number of rotatable bonds is 4. The van der Waals surface area contributed by atoms with Crippen molar-refractivity contribution in [2.24, 2.45) is 0 Å². The molecule has 94 valence electrons. The molecule has 1 aliphatic carbocycles. The van der Waals surface area contributed by atoms with Crippen LogP contribution >= 0.6 is 23.2 Å². The zero-order valence-corrected chi connectivity index (χ0v) is 11.0. The fourth-order valence-electron chi connectivity index (χ4n) is 1.22. The van der Waals surface area contributed by atoms with E-state index in [1.807, 2.05) is 0 Å². The van der Waals surface area contributed by atoms with Crippen LogP contribution in [0.2, 0.25) is 10.2 Å². The van der Waals surface area contributed by atoms with Crippen LogP contribution in [0.15, 0.2) is 17.2 Å². The van der Waals surface area contributed by atoms with Gasteiger partial charge >= 0.3 is 0 Å². The van der Waals surface area contributed by atoms with E-state index >= 15 is 0 Å². The van der Waals surface area contributed by atoms with Gasteiger partial charge in [0.2, 0.25) is 10.0 Å². The number of nitrogens with zero attached hydrogens (tertiary/aromatic N) is 1. The van der Waals surface area contributed by atoms with Gasteiger partial charge in [0.25, 0.3) is 0 Å². The van der Waals surface area contributed by atoms with Gasteiger partial charge in [0, 0.05) is 12.7 Å². The molecule has 1 heterocycles. The minimum absolute atomic E-state index is 0.0296. The molecule has 2 N–H and O–H groups in total. The average Bonchev–Trinajstić information content (AvgIpc) is 2.98. The van der Waals surface area contributed by atoms with Gasteiger partial charge < -0.3 is 5.11 Å². The van der Waals surface area contributed by atoms with Crippen LogP contribution in [0, 0.1) is 0 Å². The van der Waals surface area contributed by atoms with Gasteiger partial charge in [-0.15, -0.1) is 0 Å². The largest absolute Gasteiger partial charge is 0.389 e. The van der Waals surface area contributed by atoms with Crippen LogP contribution in [-0.4, -0.2) is 30.7 Å². The molecular formula is C9H10Cl2N2O3S. The molecule has 0 spiro atoms. The highest BCUT2D eigenvalue weighted by Crippen LogP contribution is 2.34. The molecule has 0 unspecified atom stereocenters. The number of halogens is 2. The highest BCUT2D eigenvalue weighted by Gasteiger charge is 2.41. The summed E-state index contributed by atoms with van der Waals surface area (Å²) in [5.74, 6) is 0. The molecule has 1 saturated carbocycles. The SMILES string of the molecule is O=S(=O)(NCC1(O)CC1)c1cc(Cl)cnc1Cl. The Morgan fingerprint density at radius 1 is 1.47 bits per heavy atom. The molecule has 1 aromatic rings. The normalized spacial score (nSPS) is 18.1. The monoisotopic (exact) mass is 296 g/mol. The number of nitrogens with one attached hydrogen (secondary N) is 1. The average molecular weight is 297 g/mol. The Labute approximate surface area is 109 Å². The van der Waals surface area contributed by atoms with Gasteiger partial charge in [-0.2, -0.15) is 0 Å². The van der Waals surface area contributed by atoms with Gasteiger partial charge in [-0.1, -0.05) is 23.2 Å². The minimum Gasteiger partial charge on any atom is -0.389 e. The summed E-state index contributed by atoms with van der Waals surface area (Å²) >= 11 is 11.4. The first kappa shape index (κ1) is 13.0. The van der Waals surface area contributed by atoms with Crippen LogP contribution in [-0.2, 0) is 10.0 Å². The molecule has 5 nitrogen and oxygen atoms in total. The quantitative estimate of drug-likeness (QED) is 0.818. The third-order valence-electron chi connectivity index (χ3n) is 2.48. The highest BCUT2D eigenvalue weighted by atomic mass is 35.5. The third kappa shape index (κ3) is 3.08. The fourth-order valence-corrected chi connectivity index (χ4v) is 3.02. The van der Waals surface area contributed by atoms with Gasteiger partial charge in [-0.25, -0.2) is 18.1 Å². The maximum absolute atomic E-state index is 11.9. The molecule has 0 radical (unpaired) electrons. The summed E-state index contributed by atoms with van der Waals surface area (Å²) < 4.78 is 26.0. The Morgan fingerprint density at radius 3 is 2.71 bits per heavy atom. The van der Waals surface area contributed by atoms with Crippen molar-refractivity contribution in [2.45, 2.75) is 23.3 Å². The lowest BCUT2D eigenvalue weighted by atomic mass is 10.4. The van der Waals surface area contributed by atoms with Crippen LogP contribution in [0.1, 0.15) is 12.8 Å². The predicted octanol–water partition coefficient (Wildman–Crippen LogP) is 1.19. The van der Waals surface area contributed by atoms with Crippen LogP contribution in [0.5, 0.6) is 0 Å². The van der Waals surface area contributed by atoms with Crippen LogP contribution < -0.4 is 4.72 Å². The summed E-state index contributed by atoms with van der Waals surface area (Å²) in [5.41, 5.74) is -0.911. The van der Waals surface area contributed by atoms with Gasteiger partial charge in [0.05, 0.1) is 10.6 Å². The molecule has 0 aromatic carbocycles. The van der Waals surface area contributed by atoms with Gasteiger partial charge in [0.1, 0.15) is 10.0 Å². The van der Waals surface area contributed by atoms with Gasteiger partial charge in [-0.05, 0) is 18.9 Å². The predicted molar refractivity (Wildman–Crippen MR) is 63.6 cm³/mol. The summed E-state index contributed by atoms with van der Waals surface area (Å²) in [6, 6.07) is 1.22. The number of aliphatic hydroxyl groups is 1. The highest BCUT2D eigenvalue weighted by molar-refractivity contribution is 7.89. The van der Waals surface area contributed by atoms with Crippen molar-refractivity contribution in [1.82, 2.24) is 9.71 Å². The van der Waals surface area contributed by atoms with Crippen LogP contribution in [0.4, 0.5) is 0 Å². The van der Waals surface area contributed by atoms with E-state index < -0.39 is 15.6 Å². The number of pyridine rings is 1. The standard InChI is InChI=1S/C9H10Cl2N2O3S/c10-6-3-7(8(11)12-4-6)17(15,16)13-5-9(14)1-2-9/h3-4,13-14H,1-2,5H2. The zero-order chi connectivity index (χ0) is 12.7. The first-order chi connectivity index (χ1) is 7.82. The molecule has 0 saturated heterocycles. The lowest BCUT2D eigenvalue weighted by Crippen LogP contribution is -2.33. The summed E-state index contributed by atoms with van der Waals surface area (Å²) in [5, 5.41) is 9.59. The molecule has 0 aliphatic heterocycles. The second kappa shape index (κ2) is 4.37. The van der Waals surface area contributed by atoms with Crippen molar-refractivity contribution in [3.63, 3.8) is 0 Å². The van der Waals surface area contributed by atoms with Gasteiger partial charge in [0.15, 0.2) is 0 Å². The van der Waals surface area contributed by atoms with Crippen molar-refractivity contribution >= 4 is 33.2 Å². The van der Waals surface area contributed by atoms with Gasteiger partial charge in [-0.3, -0.25) is 0 Å².